The van der Waals surface area contributed by atoms with E-state index in [0.717, 1.165) is 22.8 Å². The summed E-state index contributed by atoms with van der Waals surface area (Å²) in [6, 6.07) is 14.0. The number of nitrogens with one attached hydrogen (secondary N) is 1. The monoisotopic (exact) mass is 310 g/mol. The van der Waals surface area contributed by atoms with Gasteiger partial charge in [0.2, 0.25) is 5.91 Å². The minimum Gasteiger partial charge on any atom is -0.481 e. The Bertz CT molecular complexity index is 896. The van der Waals surface area contributed by atoms with E-state index in [1.54, 1.807) is 0 Å². The average Bonchev–Trinajstić information content (AvgIpc) is 2.86. The van der Waals surface area contributed by atoms with E-state index >= 15 is 0 Å². The summed E-state index contributed by atoms with van der Waals surface area (Å²) in [5, 5.41) is 13.6. The lowest BCUT2D eigenvalue weighted by Crippen LogP contribution is -2.13. The van der Waals surface area contributed by atoms with Gasteiger partial charge in [-0.15, -0.1) is 0 Å². The van der Waals surface area contributed by atoms with Crippen molar-refractivity contribution in [3.8, 4) is 0 Å². The topological polar surface area (TPSA) is 71.3 Å². The number of amides is 1. The molecule has 23 heavy (non-hydrogen) atoms. The minimum atomic E-state index is -0.971. The molecule has 3 rings (SSSR count). The summed E-state index contributed by atoms with van der Waals surface area (Å²) < 4.78 is 2.24. The number of aryl methyl sites for hydroxylation is 1. The van der Waals surface area contributed by atoms with Crippen molar-refractivity contribution < 1.29 is 14.7 Å². The van der Waals surface area contributed by atoms with Crippen molar-refractivity contribution >= 4 is 39.4 Å². The van der Waals surface area contributed by atoms with E-state index in [4.69, 9.17) is 5.11 Å². The molecular formula is C18H18N2O3. The van der Waals surface area contributed by atoms with Crippen LogP contribution < -0.4 is 5.32 Å². The van der Waals surface area contributed by atoms with Gasteiger partial charge in [-0.2, -0.15) is 0 Å². The summed E-state index contributed by atoms with van der Waals surface area (Å²) in [5.41, 5.74) is 2.98. The van der Waals surface area contributed by atoms with E-state index in [-0.39, 0.29) is 18.7 Å². The van der Waals surface area contributed by atoms with Gasteiger partial charge in [0.15, 0.2) is 0 Å². The first-order valence-electron chi connectivity index (χ1n) is 7.62. The van der Waals surface area contributed by atoms with Gasteiger partial charge in [-0.1, -0.05) is 18.2 Å². The molecule has 0 saturated heterocycles. The molecule has 1 amide bonds. The lowest BCUT2D eigenvalue weighted by molar-refractivity contribution is -0.138. The fraction of sp³-hybridized carbons (Fsp3) is 0.222. The maximum atomic E-state index is 11.8. The zero-order chi connectivity index (χ0) is 16.4. The van der Waals surface area contributed by atoms with Crippen LogP contribution in [0.2, 0.25) is 0 Å². The van der Waals surface area contributed by atoms with Gasteiger partial charge in [0.25, 0.3) is 0 Å². The lowest BCUT2D eigenvalue weighted by Gasteiger charge is -2.06. The summed E-state index contributed by atoms with van der Waals surface area (Å²) in [6.45, 7) is 2.97. The normalized spacial score (nSPS) is 11.0. The molecule has 0 aliphatic carbocycles. The highest BCUT2D eigenvalue weighted by atomic mass is 16.4. The number of para-hydroxylation sites is 1. The van der Waals surface area contributed by atoms with Gasteiger partial charge < -0.3 is 15.0 Å². The molecule has 2 N–H and O–H groups in total. The number of fused-ring (bicyclic) bond motifs is 3. The molecule has 0 bridgehead atoms. The first kappa shape index (κ1) is 15.1. The molecule has 0 fully saturated rings. The van der Waals surface area contributed by atoms with Crippen LogP contribution in [0.25, 0.3) is 21.8 Å². The van der Waals surface area contributed by atoms with E-state index in [2.05, 4.69) is 28.9 Å². The molecule has 5 nitrogen and oxygen atoms in total. The maximum absolute atomic E-state index is 11.8. The Morgan fingerprint density at radius 3 is 2.52 bits per heavy atom. The van der Waals surface area contributed by atoms with Crippen LogP contribution in [0.4, 0.5) is 5.69 Å². The Morgan fingerprint density at radius 1 is 1.04 bits per heavy atom. The summed E-state index contributed by atoms with van der Waals surface area (Å²) in [6.07, 6.45) is -0.187. The van der Waals surface area contributed by atoms with Crippen LogP contribution in [0.1, 0.15) is 19.8 Å². The first-order valence-corrected chi connectivity index (χ1v) is 7.62. The Labute approximate surface area is 133 Å². The Hall–Kier alpha value is -2.82. The highest BCUT2D eigenvalue weighted by Crippen LogP contribution is 2.30. The third kappa shape index (κ3) is 2.90. The molecule has 0 aliphatic rings. The van der Waals surface area contributed by atoms with Crippen LogP contribution in [0.5, 0.6) is 0 Å². The minimum absolute atomic E-state index is 0.0237. The molecule has 1 aromatic heterocycles. The third-order valence-electron chi connectivity index (χ3n) is 3.94. The largest absolute Gasteiger partial charge is 0.481 e. The van der Waals surface area contributed by atoms with Crippen LogP contribution in [0.15, 0.2) is 42.5 Å². The van der Waals surface area contributed by atoms with Crippen molar-refractivity contribution in [3.63, 3.8) is 0 Å². The number of carboxylic acid groups (broad SMARTS) is 1. The van der Waals surface area contributed by atoms with E-state index < -0.39 is 5.97 Å². The molecule has 3 aromatic rings. The second-order valence-electron chi connectivity index (χ2n) is 5.44. The molecule has 118 valence electrons. The van der Waals surface area contributed by atoms with Crippen LogP contribution in [0.3, 0.4) is 0 Å². The fourth-order valence-electron chi connectivity index (χ4n) is 2.92. The smallest absolute Gasteiger partial charge is 0.303 e. The number of nitrogens with zero attached hydrogens (tertiary/aromatic N) is 1. The fourth-order valence-corrected chi connectivity index (χ4v) is 2.92. The van der Waals surface area contributed by atoms with E-state index in [1.807, 2.05) is 30.3 Å². The molecule has 2 aromatic carbocycles. The lowest BCUT2D eigenvalue weighted by atomic mass is 10.1. The zero-order valence-electron chi connectivity index (χ0n) is 12.9. The van der Waals surface area contributed by atoms with Gasteiger partial charge in [-0.25, -0.2) is 0 Å². The number of rotatable bonds is 5. The molecular weight excluding hydrogens is 292 g/mol. The summed E-state index contributed by atoms with van der Waals surface area (Å²) in [4.78, 5) is 22.3. The standard InChI is InChI=1S/C18H18N2O3/c1-2-20-15-6-4-3-5-13(15)14-11-12(7-8-16(14)20)19-17(21)9-10-18(22)23/h3-8,11H,2,9-10H2,1H3,(H,19,21)(H,22,23). The molecule has 0 radical (unpaired) electrons. The molecule has 0 atom stereocenters. The van der Waals surface area contributed by atoms with Crippen molar-refractivity contribution in [2.45, 2.75) is 26.3 Å². The predicted octanol–water partition coefficient (Wildman–Crippen LogP) is 3.62. The highest BCUT2D eigenvalue weighted by Gasteiger charge is 2.11. The first-order chi connectivity index (χ1) is 11.1. The Balaban J connectivity index is 1.97. The van der Waals surface area contributed by atoms with Gasteiger partial charge in [-0.05, 0) is 31.2 Å². The molecule has 1 heterocycles. The van der Waals surface area contributed by atoms with Crippen LogP contribution >= 0.6 is 0 Å². The molecule has 0 spiro atoms. The van der Waals surface area contributed by atoms with Gasteiger partial charge in [0.05, 0.1) is 6.42 Å². The number of aromatic nitrogens is 1. The van der Waals surface area contributed by atoms with Gasteiger partial charge >= 0.3 is 5.97 Å². The Kier molecular flexibility index (Phi) is 4.02. The van der Waals surface area contributed by atoms with Crippen LogP contribution in [-0.4, -0.2) is 21.6 Å². The maximum Gasteiger partial charge on any atom is 0.303 e. The quantitative estimate of drug-likeness (QED) is 0.756. The third-order valence-corrected chi connectivity index (χ3v) is 3.94. The average molecular weight is 310 g/mol. The van der Waals surface area contributed by atoms with Crippen LogP contribution in [-0.2, 0) is 16.1 Å². The van der Waals surface area contributed by atoms with Crippen LogP contribution in [0, 0.1) is 0 Å². The summed E-state index contributed by atoms with van der Waals surface area (Å²) in [5.74, 6) is -1.26. The Morgan fingerprint density at radius 2 is 1.78 bits per heavy atom. The van der Waals surface area contributed by atoms with Crippen molar-refractivity contribution in [1.29, 1.82) is 0 Å². The number of carbonyl (C=O) groups is 2. The van der Waals surface area contributed by atoms with Crippen molar-refractivity contribution in [3.05, 3.63) is 42.5 Å². The molecule has 0 unspecified atom stereocenters. The number of hydrogen-bond donors (Lipinski definition) is 2. The molecule has 0 aliphatic heterocycles. The summed E-state index contributed by atoms with van der Waals surface area (Å²) in [7, 11) is 0. The molecule has 5 heteroatoms. The number of carboxylic acids is 1. The second kappa shape index (κ2) is 6.12. The summed E-state index contributed by atoms with van der Waals surface area (Å²) >= 11 is 0. The van der Waals surface area contributed by atoms with Gasteiger partial charge in [0, 0.05) is 40.5 Å². The van der Waals surface area contributed by atoms with E-state index in [1.165, 1.54) is 5.52 Å². The zero-order valence-corrected chi connectivity index (χ0v) is 12.9. The number of aliphatic carboxylic acids is 1. The van der Waals surface area contributed by atoms with Gasteiger partial charge in [-0.3, -0.25) is 9.59 Å². The highest BCUT2D eigenvalue weighted by molar-refractivity contribution is 6.09. The number of anilines is 1. The number of hydrogen-bond acceptors (Lipinski definition) is 2. The predicted molar refractivity (Wildman–Crippen MR) is 90.6 cm³/mol. The van der Waals surface area contributed by atoms with Gasteiger partial charge in [0.1, 0.15) is 0 Å². The number of carbonyl (C=O) groups excluding carboxylic acids is 1. The second-order valence-corrected chi connectivity index (χ2v) is 5.44. The van der Waals surface area contributed by atoms with E-state index in [0.29, 0.717) is 5.69 Å². The van der Waals surface area contributed by atoms with Crippen molar-refractivity contribution in [2.24, 2.45) is 0 Å². The van der Waals surface area contributed by atoms with Crippen molar-refractivity contribution in [2.75, 3.05) is 5.32 Å². The number of benzene rings is 2. The van der Waals surface area contributed by atoms with Crippen molar-refractivity contribution in [1.82, 2.24) is 4.57 Å². The SMILES string of the molecule is CCn1c2ccccc2c2cc(NC(=O)CCC(=O)O)ccc21. The van der Waals surface area contributed by atoms with E-state index in [9.17, 15) is 9.59 Å². The molecule has 0 saturated carbocycles.